The van der Waals surface area contributed by atoms with E-state index in [9.17, 15) is 4.39 Å². The molecule has 0 aliphatic carbocycles. The summed E-state index contributed by atoms with van der Waals surface area (Å²) in [6.45, 7) is 2.42. The second-order valence-electron chi connectivity index (χ2n) is 5.51. The third-order valence-corrected chi connectivity index (χ3v) is 3.98. The van der Waals surface area contributed by atoms with Crippen LogP contribution in [0.15, 0.2) is 58.6 Å². The van der Waals surface area contributed by atoms with Crippen LogP contribution in [0.25, 0.3) is 0 Å². The van der Waals surface area contributed by atoms with Crippen molar-refractivity contribution >= 4 is 23.3 Å². The van der Waals surface area contributed by atoms with Gasteiger partial charge >= 0.3 is 6.02 Å². The molecule has 25 heavy (non-hydrogen) atoms. The number of hydrazone groups is 1. The molecule has 0 fully saturated rings. The first-order valence-electron chi connectivity index (χ1n) is 7.59. The van der Waals surface area contributed by atoms with E-state index in [-0.39, 0.29) is 17.0 Å². The van der Waals surface area contributed by atoms with Crippen LogP contribution in [0.1, 0.15) is 12.5 Å². The normalized spacial score (nSPS) is 17.2. The molecule has 1 unspecified atom stereocenters. The summed E-state index contributed by atoms with van der Waals surface area (Å²) in [7, 11) is 0. The highest BCUT2D eigenvalue weighted by Gasteiger charge is 2.28. The molecule has 0 N–H and O–H groups in total. The van der Waals surface area contributed by atoms with Crippen molar-refractivity contribution in [2.75, 3.05) is 6.54 Å². The fourth-order valence-electron chi connectivity index (χ4n) is 2.50. The highest BCUT2D eigenvalue weighted by atomic mass is 35.5. The third kappa shape index (κ3) is 3.78. The molecular weight excluding hydrogens is 343 g/mol. The molecule has 7 heteroatoms. The average Bonchev–Trinajstić information content (AvgIpc) is 3.00. The van der Waals surface area contributed by atoms with E-state index in [2.05, 4.69) is 10.1 Å². The summed E-state index contributed by atoms with van der Waals surface area (Å²) >= 11 is 5.73. The van der Waals surface area contributed by atoms with E-state index in [1.807, 2.05) is 25.1 Å². The number of amidine groups is 1. The molecule has 0 radical (unpaired) electrons. The zero-order valence-electron chi connectivity index (χ0n) is 13.4. The molecule has 0 aromatic heterocycles. The zero-order valence-corrected chi connectivity index (χ0v) is 14.1. The minimum atomic E-state index is -0.501. The predicted molar refractivity (Wildman–Crippen MR) is 93.9 cm³/mol. The molecule has 1 aliphatic rings. The van der Waals surface area contributed by atoms with Crippen molar-refractivity contribution in [3.63, 3.8) is 0 Å². The van der Waals surface area contributed by atoms with E-state index in [1.54, 1.807) is 24.4 Å². The van der Waals surface area contributed by atoms with Crippen molar-refractivity contribution in [1.29, 1.82) is 5.26 Å². The zero-order chi connectivity index (χ0) is 17.8. The van der Waals surface area contributed by atoms with Gasteiger partial charge < -0.3 is 4.74 Å². The maximum absolute atomic E-state index is 13.7. The Morgan fingerprint density at radius 2 is 2.12 bits per heavy atom. The highest BCUT2D eigenvalue weighted by molar-refractivity contribution is 6.30. The topological polar surface area (TPSA) is 61.0 Å². The van der Waals surface area contributed by atoms with Gasteiger partial charge in [-0.3, -0.25) is 0 Å². The van der Waals surface area contributed by atoms with Crippen molar-refractivity contribution in [2.24, 2.45) is 16.0 Å². The minimum Gasteiger partial charge on any atom is -0.424 e. The number of para-hydroxylation sites is 1. The fourth-order valence-corrected chi connectivity index (χ4v) is 2.62. The number of benzene rings is 2. The van der Waals surface area contributed by atoms with Gasteiger partial charge in [0.05, 0.1) is 17.3 Å². The number of rotatable bonds is 2. The first kappa shape index (κ1) is 16.9. The van der Waals surface area contributed by atoms with E-state index in [4.69, 9.17) is 21.6 Å². The smallest absolute Gasteiger partial charge is 0.329 e. The van der Waals surface area contributed by atoms with Crippen LogP contribution in [0.2, 0.25) is 5.02 Å². The van der Waals surface area contributed by atoms with Gasteiger partial charge in [-0.25, -0.2) is 9.40 Å². The lowest BCUT2D eigenvalue weighted by atomic mass is 9.99. The third-order valence-electron chi connectivity index (χ3n) is 3.68. The molecule has 0 bridgehead atoms. The van der Waals surface area contributed by atoms with Gasteiger partial charge in [-0.05, 0) is 24.3 Å². The number of aliphatic imine (C=N–C) groups is 1. The van der Waals surface area contributed by atoms with Crippen molar-refractivity contribution in [1.82, 2.24) is 5.01 Å². The highest BCUT2D eigenvalue weighted by Crippen LogP contribution is 2.24. The van der Waals surface area contributed by atoms with Crippen molar-refractivity contribution in [3.8, 4) is 11.9 Å². The van der Waals surface area contributed by atoms with Crippen LogP contribution in [-0.2, 0) is 0 Å². The van der Waals surface area contributed by atoms with Crippen LogP contribution in [0.5, 0.6) is 5.75 Å². The lowest BCUT2D eigenvalue weighted by Gasteiger charge is -2.15. The largest absolute Gasteiger partial charge is 0.424 e. The molecule has 126 valence electrons. The van der Waals surface area contributed by atoms with E-state index in [0.29, 0.717) is 23.6 Å². The summed E-state index contributed by atoms with van der Waals surface area (Å²) in [5.41, 5.74) is 1.31. The van der Waals surface area contributed by atoms with Gasteiger partial charge in [0.2, 0.25) is 6.19 Å². The summed E-state index contributed by atoms with van der Waals surface area (Å²) in [5, 5.41) is 15.0. The van der Waals surface area contributed by atoms with Gasteiger partial charge in [0, 0.05) is 11.5 Å². The number of hydrogen-bond donors (Lipinski definition) is 0. The molecule has 0 amide bonds. The van der Waals surface area contributed by atoms with Gasteiger partial charge in [-0.1, -0.05) is 42.8 Å². The summed E-state index contributed by atoms with van der Waals surface area (Å²) in [6.07, 6.45) is 1.73. The molecule has 2 aromatic carbocycles. The van der Waals surface area contributed by atoms with Gasteiger partial charge in [0.25, 0.3) is 0 Å². The summed E-state index contributed by atoms with van der Waals surface area (Å²) in [6, 6.07) is 13.6. The maximum atomic E-state index is 13.7. The van der Waals surface area contributed by atoms with Crippen LogP contribution in [0, 0.1) is 23.2 Å². The summed E-state index contributed by atoms with van der Waals surface area (Å²) in [4.78, 5) is 3.72. The molecule has 2 aromatic rings. The SMILES string of the molecule is CC1CN(C(=NC#N)Oc2ccccc2)N=C1c1ccc(Cl)c(F)c1. The van der Waals surface area contributed by atoms with Crippen LogP contribution >= 0.6 is 11.6 Å². The van der Waals surface area contributed by atoms with E-state index in [1.165, 1.54) is 17.1 Å². The standard InChI is InChI=1S/C18H14ClFN4O/c1-12-10-24(18(22-11-21)25-14-5-3-2-4-6-14)23-17(12)13-7-8-15(19)16(20)9-13/h2-9,12H,10H2,1H3. The van der Waals surface area contributed by atoms with E-state index < -0.39 is 5.82 Å². The first-order valence-corrected chi connectivity index (χ1v) is 7.97. The Balaban J connectivity index is 1.88. The van der Waals surface area contributed by atoms with Crippen LogP contribution in [0.4, 0.5) is 4.39 Å². The number of ether oxygens (including phenoxy) is 1. The lowest BCUT2D eigenvalue weighted by molar-refractivity contribution is 0.361. The Bertz CT molecular complexity index is 876. The lowest BCUT2D eigenvalue weighted by Crippen LogP contribution is -2.30. The summed E-state index contributed by atoms with van der Waals surface area (Å²) < 4.78 is 19.4. The predicted octanol–water partition coefficient (Wildman–Crippen LogP) is 4.05. The van der Waals surface area contributed by atoms with Gasteiger partial charge in [0.1, 0.15) is 11.6 Å². The fraction of sp³-hybridized carbons (Fsp3) is 0.167. The van der Waals surface area contributed by atoms with Crippen LogP contribution in [0.3, 0.4) is 0 Å². The quantitative estimate of drug-likeness (QED) is 0.463. The monoisotopic (exact) mass is 356 g/mol. The average molecular weight is 357 g/mol. The van der Waals surface area contributed by atoms with Crippen molar-refractivity contribution in [3.05, 3.63) is 64.9 Å². The Kier molecular flexibility index (Phi) is 4.96. The Labute approximate surface area is 149 Å². The number of nitrogens with zero attached hydrogens (tertiary/aromatic N) is 4. The number of nitriles is 1. The molecule has 3 rings (SSSR count). The second kappa shape index (κ2) is 7.32. The van der Waals surface area contributed by atoms with E-state index in [0.717, 1.165) is 0 Å². The van der Waals surface area contributed by atoms with Crippen LogP contribution < -0.4 is 4.74 Å². The maximum Gasteiger partial charge on any atom is 0.329 e. The molecule has 1 aliphatic heterocycles. The summed E-state index contributed by atoms with van der Waals surface area (Å²) in [5.74, 6) is 0.0492. The van der Waals surface area contributed by atoms with E-state index >= 15 is 0 Å². The molecular formula is C18H14ClFN4O. The van der Waals surface area contributed by atoms with Gasteiger partial charge in [-0.15, -0.1) is 4.99 Å². The number of halogens is 2. The van der Waals surface area contributed by atoms with Gasteiger partial charge in [-0.2, -0.15) is 10.4 Å². The van der Waals surface area contributed by atoms with Gasteiger partial charge in [0.15, 0.2) is 0 Å². The Morgan fingerprint density at radius 3 is 2.80 bits per heavy atom. The molecule has 1 heterocycles. The van der Waals surface area contributed by atoms with Crippen molar-refractivity contribution in [2.45, 2.75) is 6.92 Å². The Hall–Kier alpha value is -2.91. The van der Waals surface area contributed by atoms with Crippen LogP contribution in [-0.4, -0.2) is 23.3 Å². The number of hydrogen-bond acceptors (Lipinski definition) is 4. The first-order chi connectivity index (χ1) is 12.1. The molecule has 0 spiro atoms. The molecule has 0 saturated carbocycles. The minimum absolute atomic E-state index is 0.00356. The Morgan fingerprint density at radius 1 is 1.36 bits per heavy atom. The second-order valence-corrected chi connectivity index (χ2v) is 5.91. The molecule has 0 saturated heterocycles. The molecule has 1 atom stereocenters. The van der Waals surface area contributed by atoms with Crippen molar-refractivity contribution < 1.29 is 9.13 Å². The molecule has 5 nitrogen and oxygen atoms in total.